The van der Waals surface area contributed by atoms with E-state index in [-0.39, 0.29) is 12.2 Å². The summed E-state index contributed by atoms with van der Waals surface area (Å²) < 4.78 is 39.4. The van der Waals surface area contributed by atoms with E-state index in [1.165, 1.54) is 18.6 Å². The van der Waals surface area contributed by atoms with Crippen molar-refractivity contribution in [1.29, 1.82) is 0 Å². The molecule has 1 aromatic carbocycles. The van der Waals surface area contributed by atoms with E-state index < -0.39 is 6.36 Å². The summed E-state index contributed by atoms with van der Waals surface area (Å²) in [5, 5.41) is 6.89. The van der Waals surface area contributed by atoms with Crippen molar-refractivity contribution in [2.45, 2.75) is 31.5 Å². The fourth-order valence-corrected chi connectivity index (χ4v) is 1.68. The van der Waals surface area contributed by atoms with Crippen LogP contribution in [0.3, 0.4) is 0 Å². The van der Waals surface area contributed by atoms with Gasteiger partial charge in [0.2, 0.25) is 0 Å². The normalized spacial score (nSPS) is 15.1. The molecule has 0 unspecified atom stereocenters. The molecule has 3 nitrogen and oxygen atoms in total. The zero-order chi connectivity index (χ0) is 13.6. The Labute approximate surface area is 102 Å². The van der Waals surface area contributed by atoms with E-state index in [0.29, 0.717) is 5.92 Å². The number of ether oxygens (including phenoxy) is 1. The summed E-state index contributed by atoms with van der Waals surface area (Å²) in [6.45, 7) is -0.250. The Balaban J connectivity index is 0.000000492. The molecule has 0 atom stereocenters. The van der Waals surface area contributed by atoms with Crippen molar-refractivity contribution in [3.63, 3.8) is 0 Å². The van der Waals surface area contributed by atoms with Crippen LogP contribution in [-0.2, 0) is 4.79 Å². The average molecular weight is 262 g/mol. The number of hydrogen-bond donors (Lipinski definition) is 1. The molecule has 0 spiro atoms. The van der Waals surface area contributed by atoms with Crippen LogP contribution in [0.4, 0.5) is 13.2 Å². The molecule has 0 aliphatic heterocycles. The van der Waals surface area contributed by atoms with Gasteiger partial charge in [0.1, 0.15) is 5.75 Å². The first-order valence-electron chi connectivity index (χ1n) is 5.40. The molecule has 1 aliphatic carbocycles. The van der Waals surface area contributed by atoms with Gasteiger partial charge in [0.05, 0.1) is 0 Å². The highest BCUT2D eigenvalue weighted by Crippen LogP contribution is 2.37. The molecular weight excluding hydrogens is 249 g/mol. The van der Waals surface area contributed by atoms with Crippen LogP contribution in [0, 0.1) is 0 Å². The summed E-state index contributed by atoms with van der Waals surface area (Å²) in [4.78, 5) is 8.36. The number of alkyl halides is 3. The number of carbonyl (C=O) groups is 1. The van der Waals surface area contributed by atoms with Gasteiger partial charge in [-0.3, -0.25) is 4.79 Å². The molecule has 1 fully saturated rings. The molecule has 6 heteroatoms. The van der Waals surface area contributed by atoms with Gasteiger partial charge < -0.3 is 9.84 Å². The van der Waals surface area contributed by atoms with Crippen LogP contribution in [0.5, 0.6) is 5.75 Å². The predicted octanol–water partition coefficient (Wildman–Crippen LogP) is 3.55. The molecule has 0 aromatic heterocycles. The molecule has 1 saturated carbocycles. The van der Waals surface area contributed by atoms with E-state index >= 15 is 0 Å². The average Bonchev–Trinajstić information content (AvgIpc) is 2.17. The van der Waals surface area contributed by atoms with Gasteiger partial charge in [0.25, 0.3) is 6.47 Å². The lowest BCUT2D eigenvalue weighted by molar-refractivity contribution is -0.274. The number of benzene rings is 1. The molecule has 0 amide bonds. The Kier molecular flexibility index (Phi) is 5.00. The highest BCUT2D eigenvalue weighted by molar-refractivity contribution is 5.32. The van der Waals surface area contributed by atoms with Gasteiger partial charge >= 0.3 is 6.36 Å². The number of carboxylic acid groups (broad SMARTS) is 1. The lowest BCUT2D eigenvalue weighted by atomic mass is 9.80. The van der Waals surface area contributed by atoms with Crippen molar-refractivity contribution in [3.05, 3.63) is 29.8 Å². The van der Waals surface area contributed by atoms with Gasteiger partial charge in [-0.1, -0.05) is 18.6 Å². The predicted molar refractivity (Wildman–Crippen MR) is 58.4 cm³/mol. The minimum atomic E-state index is -4.60. The first kappa shape index (κ1) is 14.3. The van der Waals surface area contributed by atoms with Crippen LogP contribution in [0.25, 0.3) is 0 Å². The third-order valence-corrected chi connectivity index (χ3v) is 2.69. The summed E-state index contributed by atoms with van der Waals surface area (Å²) in [6, 6.07) is 6.18. The Morgan fingerprint density at radius 2 is 1.72 bits per heavy atom. The minimum Gasteiger partial charge on any atom is -0.483 e. The third kappa shape index (κ3) is 4.65. The molecule has 1 aliphatic rings. The second-order valence-electron chi connectivity index (χ2n) is 3.85. The van der Waals surface area contributed by atoms with Crippen LogP contribution in [0.2, 0.25) is 0 Å². The molecule has 0 bridgehead atoms. The first-order valence-corrected chi connectivity index (χ1v) is 5.40. The molecule has 18 heavy (non-hydrogen) atoms. The van der Waals surface area contributed by atoms with Crippen molar-refractivity contribution < 1.29 is 27.8 Å². The number of rotatable bonds is 2. The second kappa shape index (κ2) is 6.28. The summed E-state index contributed by atoms with van der Waals surface area (Å²) >= 11 is 0. The second-order valence-corrected chi connectivity index (χ2v) is 3.85. The van der Waals surface area contributed by atoms with Gasteiger partial charge in [-0.15, -0.1) is 13.2 Å². The SMILES string of the molecule is FC(F)(F)Oc1ccc(C2CCC2)cc1.O=CO. The van der Waals surface area contributed by atoms with Crippen molar-refractivity contribution >= 4 is 6.47 Å². The van der Waals surface area contributed by atoms with Crippen molar-refractivity contribution in [2.75, 3.05) is 0 Å². The Morgan fingerprint density at radius 3 is 2.06 bits per heavy atom. The lowest BCUT2D eigenvalue weighted by Gasteiger charge is -2.25. The number of hydrogen-bond acceptors (Lipinski definition) is 2. The smallest absolute Gasteiger partial charge is 0.483 e. The lowest BCUT2D eigenvalue weighted by Crippen LogP contribution is -2.17. The van der Waals surface area contributed by atoms with Crippen LogP contribution in [-0.4, -0.2) is 17.9 Å². The monoisotopic (exact) mass is 262 g/mol. The van der Waals surface area contributed by atoms with E-state index in [9.17, 15) is 13.2 Å². The van der Waals surface area contributed by atoms with E-state index in [0.717, 1.165) is 18.4 Å². The van der Waals surface area contributed by atoms with E-state index in [1.54, 1.807) is 12.1 Å². The van der Waals surface area contributed by atoms with Gasteiger partial charge in [-0.2, -0.15) is 0 Å². The molecule has 0 saturated heterocycles. The summed E-state index contributed by atoms with van der Waals surface area (Å²) in [6.07, 6.45) is -1.11. The van der Waals surface area contributed by atoms with Crippen molar-refractivity contribution in [2.24, 2.45) is 0 Å². The zero-order valence-electron chi connectivity index (χ0n) is 9.48. The highest BCUT2D eigenvalue weighted by Gasteiger charge is 2.31. The van der Waals surface area contributed by atoms with Gasteiger partial charge in [-0.05, 0) is 36.5 Å². The number of halogens is 3. The fraction of sp³-hybridized carbons (Fsp3) is 0.417. The minimum absolute atomic E-state index is 0.148. The first-order chi connectivity index (χ1) is 8.46. The van der Waals surface area contributed by atoms with Crippen LogP contribution in [0.1, 0.15) is 30.7 Å². The summed E-state index contributed by atoms with van der Waals surface area (Å²) in [5.41, 5.74) is 1.11. The van der Waals surface area contributed by atoms with E-state index in [4.69, 9.17) is 9.90 Å². The fourth-order valence-electron chi connectivity index (χ4n) is 1.68. The van der Waals surface area contributed by atoms with Gasteiger partial charge in [0, 0.05) is 0 Å². The van der Waals surface area contributed by atoms with Crippen LogP contribution in [0.15, 0.2) is 24.3 Å². The quantitative estimate of drug-likeness (QED) is 0.829. The Bertz CT molecular complexity index is 369. The standard InChI is InChI=1S/C11H11F3O.CH2O2/c12-11(13,14)15-10-6-4-9(5-7-10)8-2-1-3-8;2-1-3/h4-8H,1-3H2;1H,(H,2,3). The van der Waals surface area contributed by atoms with Crippen LogP contribution < -0.4 is 4.74 Å². The maximum atomic E-state index is 11.9. The zero-order valence-corrected chi connectivity index (χ0v) is 9.48. The maximum absolute atomic E-state index is 11.9. The van der Waals surface area contributed by atoms with Crippen molar-refractivity contribution in [1.82, 2.24) is 0 Å². The molecule has 100 valence electrons. The third-order valence-electron chi connectivity index (χ3n) is 2.69. The summed E-state index contributed by atoms with van der Waals surface area (Å²) in [5.74, 6) is 0.385. The molecule has 0 radical (unpaired) electrons. The Morgan fingerprint density at radius 1 is 1.22 bits per heavy atom. The molecule has 1 aromatic rings. The molecular formula is C12H13F3O3. The van der Waals surface area contributed by atoms with E-state index in [1.807, 2.05) is 0 Å². The van der Waals surface area contributed by atoms with Gasteiger partial charge in [0.15, 0.2) is 0 Å². The van der Waals surface area contributed by atoms with Crippen LogP contribution >= 0.6 is 0 Å². The Hall–Kier alpha value is -1.72. The highest BCUT2D eigenvalue weighted by atomic mass is 19.4. The van der Waals surface area contributed by atoms with Crippen molar-refractivity contribution in [3.8, 4) is 5.75 Å². The van der Waals surface area contributed by atoms with Gasteiger partial charge in [-0.25, -0.2) is 0 Å². The molecule has 2 rings (SSSR count). The largest absolute Gasteiger partial charge is 0.573 e. The molecule has 0 heterocycles. The topological polar surface area (TPSA) is 46.5 Å². The van der Waals surface area contributed by atoms with E-state index in [2.05, 4.69) is 4.74 Å². The molecule has 1 N–H and O–H groups in total. The summed E-state index contributed by atoms with van der Waals surface area (Å²) in [7, 11) is 0. The maximum Gasteiger partial charge on any atom is 0.573 e.